The van der Waals surface area contributed by atoms with Gasteiger partial charge in [-0.25, -0.2) is 4.98 Å². The van der Waals surface area contributed by atoms with Crippen molar-refractivity contribution in [3.8, 4) is 0 Å². The summed E-state index contributed by atoms with van der Waals surface area (Å²) in [5.74, 6) is 1.82. The second kappa shape index (κ2) is 7.04. The third-order valence-electron chi connectivity index (χ3n) is 3.85. The van der Waals surface area contributed by atoms with Gasteiger partial charge in [0.15, 0.2) is 0 Å². The average Bonchev–Trinajstić information content (AvgIpc) is 2.45. The Bertz CT molecular complexity index is 503. The minimum Gasteiger partial charge on any atom is -0.354 e. The lowest BCUT2D eigenvalue weighted by Crippen LogP contribution is -2.48. The molecule has 0 atom stereocenters. The van der Waals surface area contributed by atoms with Gasteiger partial charge in [0, 0.05) is 51.3 Å². The minimum atomic E-state index is -0.0567. The summed E-state index contributed by atoms with van der Waals surface area (Å²) in [5.41, 5.74) is -0.0567. The highest BCUT2D eigenvalue weighted by atomic mass is 16.1. The highest BCUT2D eigenvalue weighted by molar-refractivity contribution is 5.38. The zero-order valence-corrected chi connectivity index (χ0v) is 13.6. The Labute approximate surface area is 126 Å². The van der Waals surface area contributed by atoms with Crippen molar-refractivity contribution in [2.75, 3.05) is 58.3 Å². The Kier molecular flexibility index (Phi) is 5.36. The number of likely N-dealkylation sites (N-methyl/N-ethyl adjacent to an activating group) is 1. The first-order chi connectivity index (χ1) is 9.95. The van der Waals surface area contributed by atoms with Crippen LogP contribution in [0.5, 0.6) is 0 Å². The van der Waals surface area contributed by atoms with Crippen LogP contribution >= 0.6 is 0 Å². The fraction of sp³-hybridized carbons (Fsp3) is 0.733. The molecular formula is C15H27N5O. The first kappa shape index (κ1) is 16.0. The third kappa shape index (κ3) is 4.54. The molecule has 0 unspecified atom stereocenters. The second-order valence-corrected chi connectivity index (χ2v) is 6.28. The molecular weight excluding hydrogens is 266 g/mol. The standard InChI is InChI=1S/C15H27N5O/c1-12(2)15-16-13(11-14(21)17-15)20-9-7-19(8-10-20)6-5-18(3)4/h11-12H,5-10H2,1-4H3,(H,16,17,21). The van der Waals surface area contributed by atoms with Crippen molar-refractivity contribution in [2.45, 2.75) is 19.8 Å². The van der Waals surface area contributed by atoms with E-state index < -0.39 is 0 Å². The van der Waals surface area contributed by atoms with Gasteiger partial charge in [-0.15, -0.1) is 0 Å². The normalized spacial score (nSPS) is 17.0. The maximum absolute atomic E-state index is 11.8. The fourth-order valence-corrected chi connectivity index (χ4v) is 2.44. The van der Waals surface area contributed by atoms with Gasteiger partial charge in [-0.05, 0) is 14.1 Å². The first-order valence-electron chi connectivity index (χ1n) is 7.69. The number of rotatable bonds is 5. The van der Waals surface area contributed by atoms with Crippen LogP contribution < -0.4 is 10.5 Å². The molecule has 0 radical (unpaired) electrons. The predicted octanol–water partition coefficient (Wildman–Crippen LogP) is 0.577. The van der Waals surface area contributed by atoms with Crippen molar-refractivity contribution in [2.24, 2.45) is 0 Å². The minimum absolute atomic E-state index is 0.0567. The van der Waals surface area contributed by atoms with Gasteiger partial charge in [0.1, 0.15) is 11.6 Å². The van der Waals surface area contributed by atoms with E-state index in [9.17, 15) is 4.79 Å². The molecule has 1 aliphatic rings. The smallest absolute Gasteiger partial charge is 0.252 e. The fourth-order valence-electron chi connectivity index (χ4n) is 2.44. The molecule has 1 fully saturated rings. The monoisotopic (exact) mass is 293 g/mol. The van der Waals surface area contributed by atoms with Gasteiger partial charge < -0.3 is 14.8 Å². The van der Waals surface area contributed by atoms with Gasteiger partial charge in [0.05, 0.1) is 0 Å². The molecule has 0 spiro atoms. The Morgan fingerprint density at radius 2 is 1.95 bits per heavy atom. The van der Waals surface area contributed by atoms with Crippen LogP contribution in [0.1, 0.15) is 25.6 Å². The molecule has 0 saturated carbocycles. The number of nitrogens with one attached hydrogen (secondary N) is 1. The zero-order chi connectivity index (χ0) is 15.4. The number of H-pyrrole nitrogens is 1. The van der Waals surface area contributed by atoms with Crippen molar-refractivity contribution >= 4 is 5.82 Å². The quantitative estimate of drug-likeness (QED) is 0.860. The summed E-state index contributed by atoms with van der Waals surface area (Å²) in [6, 6.07) is 1.61. The summed E-state index contributed by atoms with van der Waals surface area (Å²) >= 11 is 0. The number of nitrogens with zero attached hydrogens (tertiary/aromatic N) is 4. The van der Waals surface area contributed by atoms with Crippen LogP contribution in [0.2, 0.25) is 0 Å². The lowest BCUT2D eigenvalue weighted by molar-refractivity contribution is 0.229. The van der Waals surface area contributed by atoms with E-state index in [1.807, 2.05) is 13.8 Å². The van der Waals surface area contributed by atoms with Crippen LogP contribution in [-0.2, 0) is 0 Å². The number of aromatic nitrogens is 2. The summed E-state index contributed by atoms with van der Waals surface area (Å²) in [6.07, 6.45) is 0. The maximum atomic E-state index is 11.8. The van der Waals surface area contributed by atoms with Crippen LogP contribution in [0.4, 0.5) is 5.82 Å². The van der Waals surface area contributed by atoms with Gasteiger partial charge in [0.25, 0.3) is 5.56 Å². The van der Waals surface area contributed by atoms with E-state index in [0.717, 1.165) is 50.9 Å². The highest BCUT2D eigenvalue weighted by Crippen LogP contribution is 2.15. The largest absolute Gasteiger partial charge is 0.354 e. The zero-order valence-electron chi connectivity index (χ0n) is 13.6. The highest BCUT2D eigenvalue weighted by Gasteiger charge is 2.19. The molecule has 1 saturated heterocycles. The van der Waals surface area contributed by atoms with E-state index in [4.69, 9.17) is 0 Å². The lowest BCUT2D eigenvalue weighted by Gasteiger charge is -2.35. The molecule has 6 nitrogen and oxygen atoms in total. The molecule has 0 amide bonds. The van der Waals surface area contributed by atoms with Gasteiger partial charge in [-0.2, -0.15) is 0 Å². The number of hydrogen-bond donors (Lipinski definition) is 1. The summed E-state index contributed by atoms with van der Waals surface area (Å²) in [6.45, 7) is 10.2. The van der Waals surface area contributed by atoms with Crippen LogP contribution in [0.25, 0.3) is 0 Å². The summed E-state index contributed by atoms with van der Waals surface area (Å²) in [5, 5.41) is 0. The molecule has 0 bridgehead atoms. The number of piperazine rings is 1. The average molecular weight is 293 g/mol. The van der Waals surface area contributed by atoms with Crippen LogP contribution in [0.3, 0.4) is 0 Å². The summed E-state index contributed by atoms with van der Waals surface area (Å²) in [4.78, 5) is 26.1. The molecule has 0 aromatic carbocycles. The van der Waals surface area contributed by atoms with Crippen molar-refractivity contribution in [1.29, 1.82) is 0 Å². The van der Waals surface area contributed by atoms with Crippen molar-refractivity contribution in [3.05, 3.63) is 22.2 Å². The molecule has 1 N–H and O–H groups in total. The van der Waals surface area contributed by atoms with Crippen molar-refractivity contribution in [1.82, 2.24) is 19.8 Å². The van der Waals surface area contributed by atoms with Gasteiger partial charge in [-0.1, -0.05) is 13.8 Å². The third-order valence-corrected chi connectivity index (χ3v) is 3.85. The molecule has 1 aromatic heterocycles. The van der Waals surface area contributed by atoms with E-state index >= 15 is 0 Å². The molecule has 1 aromatic rings. The number of hydrogen-bond acceptors (Lipinski definition) is 5. The van der Waals surface area contributed by atoms with Crippen molar-refractivity contribution < 1.29 is 0 Å². The van der Waals surface area contributed by atoms with Crippen LogP contribution in [0, 0.1) is 0 Å². The van der Waals surface area contributed by atoms with Gasteiger partial charge >= 0.3 is 0 Å². The predicted molar refractivity (Wildman–Crippen MR) is 86.2 cm³/mol. The van der Waals surface area contributed by atoms with E-state index in [2.05, 4.69) is 38.8 Å². The Balaban J connectivity index is 1.97. The maximum Gasteiger partial charge on any atom is 0.252 e. The summed E-state index contributed by atoms with van der Waals surface area (Å²) in [7, 11) is 4.20. The van der Waals surface area contributed by atoms with E-state index in [-0.39, 0.29) is 11.5 Å². The Hall–Kier alpha value is -1.40. The topological polar surface area (TPSA) is 55.5 Å². The van der Waals surface area contributed by atoms with Gasteiger partial charge in [0.2, 0.25) is 0 Å². The number of anilines is 1. The van der Waals surface area contributed by atoms with Gasteiger partial charge in [-0.3, -0.25) is 9.69 Å². The van der Waals surface area contributed by atoms with Crippen LogP contribution in [0.15, 0.2) is 10.9 Å². The van der Waals surface area contributed by atoms with E-state index in [1.54, 1.807) is 6.07 Å². The van der Waals surface area contributed by atoms with Crippen LogP contribution in [-0.4, -0.2) is 73.1 Å². The Morgan fingerprint density at radius 3 is 2.52 bits per heavy atom. The Morgan fingerprint density at radius 1 is 1.29 bits per heavy atom. The summed E-state index contributed by atoms with van der Waals surface area (Å²) < 4.78 is 0. The molecule has 6 heteroatoms. The van der Waals surface area contributed by atoms with E-state index in [1.165, 1.54) is 0 Å². The van der Waals surface area contributed by atoms with Crippen molar-refractivity contribution in [3.63, 3.8) is 0 Å². The lowest BCUT2D eigenvalue weighted by atomic mass is 10.2. The number of aromatic amines is 1. The SMILES string of the molecule is CC(C)c1nc(N2CCN(CCN(C)C)CC2)cc(=O)[nH]1. The molecule has 2 heterocycles. The first-order valence-corrected chi connectivity index (χ1v) is 7.69. The molecule has 1 aliphatic heterocycles. The molecule has 0 aliphatic carbocycles. The van der Waals surface area contributed by atoms with E-state index in [0.29, 0.717) is 0 Å². The molecule has 2 rings (SSSR count). The molecule has 21 heavy (non-hydrogen) atoms. The molecule has 118 valence electrons. The second-order valence-electron chi connectivity index (χ2n) is 6.28.